The van der Waals surface area contributed by atoms with Gasteiger partial charge in [-0.25, -0.2) is 9.37 Å². The van der Waals surface area contributed by atoms with Gasteiger partial charge in [0, 0.05) is 53.4 Å². The molecule has 1 saturated carbocycles. The molecule has 8 nitrogen and oxygen atoms in total. The van der Waals surface area contributed by atoms with E-state index in [1.807, 2.05) is 24.3 Å². The van der Waals surface area contributed by atoms with Crippen molar-refractivity contribution in [2.24, 2.45) is 5.41 Å². The molecule has 0 saturated heterocycles. The van der Waals surface area contributed by atoms with Gasteiger partial charge in [0.15, 0.2) is 0 Å². The predicted octanol–water partition coefficient (Wildman–Crippen LogP) is 7.52. The molecule has 0 bridgehead atoms. The van der Waals surface area contributed by atoms with Crippen LogP contribution >= 0.6 is 0 Å². The van der Waals surface area contributed by atoms with Gasteiger partial charge >= 0.3 is 0 Å². The van der Waals surface area contributed by atoms with Crippen molar-refractivity contribution in [2.45, 2.75) is 52.1 Å². The number of fused-ring (bicyclic) bond motifs is 1. The second-order valence-electron chi connectivity index (χ2n) is 12.2. The highest BCUT2D eigenvalue weighted by Crippen LogP contribution is 2.34. The van der Waals surface area contributed by atoms with Crippen LogP contribution in [0.4, 0.5) is 16.0 Å². The van der Waals surface area contributed by atoms with Gasteiger partial charge in [-0.1, -0.05) is 44.5 Å². The molecular formula is C34H40FN5O3. The van der Waals surface area contributed by atoms with Crippen LogP contribution in [0.25, 0.3) is 10.8 Å². The maximum atomic E-state index is 14.5. The van der Waals surface area contributed by atoms with E-state index in [1.54, 1.807) is 30.5 Å². The number of hydrogen-bond acceptors (Lipinski definition) is 7. The standard InChI is InChI=1S/C34H40FN5O3/c1-34(2,22-40(3)4)21-37-33-36-17-16-31(39-33)43-30-15-14-29(27-12-8-9-13-28(27)30)38-32(41)23-18-24(35)20-26(19-23)42-25-10-6-5-7-11-25/h8-9,12-20,25H,5-7,10-11,21-22H2,1-4H3,(H,38,41)(H,36,37,39). The van der Waals surface area contributed by atoms with Gasteiger partial charge < -0.3 is 25.0 Å². The third-order valence-electron chi connectivity index (χ3n) is 7.43. The number of nitrogens with one attached hydrogen (secondary N) is 2. The lowest BCUT2D eigenvalue weighted by Crippen LogP contribution is -2.34. The highest BCUT2D eigenvalue weighted by molar-refractivity contribution is 6.10. The van der Waals surface area contributed by atoms with E-state index in [9.17, 15) is 9.18 Å². The fraction of sp³-hybridized carbons (Fsp3) is 0.382. The molecule has 43 heavy (non-hydrogen) atoms. The van der Waals surface area contributed by atoms with Crippen molar-refractivity contribution >= 4 is 28.3 Å². The first-order valence-electron chi connectivity index (χ1n) is 14.9. The van der Waals surface area contributed by atoms with Gasteiger partial charge in [0.25, 0.3) is 5.91 Å². The van der Waals surface area contributed by atoms with Crippen molar-refractivity contribution in [3.8, 4) is 17.4 Å². The minimum Gasteiger partial charge on any atom is -0.490 e. The summed E-state index contributed by atoms with van der Waals surface area (Å²) in [6, 6.07) is 17.1. The Hall–Kier alpha value is -4.24. The van der Waals surface area contributed by atoms with E-state index in [4.69, 9.17) is 9.47 Å². The molecule has 9 heteroatoms. The lowest BCUT2D eigenvalue weighted by molar-refractivity contribution is 0.102. The molecule has 1 amide bonds. The van der Waals surface area contributed by atoms with E-state index in [-0.39, 0.29) is 17.1 Å². The number of rotatable bonds is 11. The molecular weight excluding hydrogens is 545 g/mol. The summed E-state index contributed by atoms with van der Waals surface area (Å²) in [5.74, 6) is 0.919. The first kappa shape index (κ1) is 30.2. The maximum Gasteiger partial charge on any atom is 0.255 e. The van der Waals surface area contributed by atoms with Crippen LogP contribution in [-0.4, -0.2) is 54.1 Å². The van der Waals surface area contributed by atoms with E-state index in [1.165, 1.54) is 18.6 Å². The molecule has 226 valence electrons. The molecule has 1 heterocycles. The number of benzene rings is 3. The monoisotopic (exact) mass is 585 g/mol. The molecule has 0 radical (unpaired) electrons. The zero-order valence-corrected chi connectivity index (χ0v) is 25.3. The van der Waals surface area contributed by atoms with Gasteiger partial charge in [0.2, 0.25) is 11.8 Å². The van der Waals surface area contributed by atoms with Crippen molar-refractivity contribution in [3.63, 3.8) is 0 Å². The fourth-order valence-corrected chi connectivity index (χ4v) is 5.63. The number of anilines is 2. The Kier molecular flexibility index (Phi) is 9.40. The summed E-state index contributed by atoms with van der Waals surface area (Å²) in [6.45, 7) is 5.99. The van der Waals surface area contributed by atoms with Gasteiger partial charge in [0.1, 0.15) is 17.3 Å². The van der Waals surface area contributed by atoms with E-state index < -0.39 is 11.7 Å². The van der Waals surface area contributed by atoms with Crippen molar-refractivity contribution in [3.05, 3.63) is 78.2 Å². The van der Waals surface area contributed by atoms with Crippen LogP contribution in [0.2, 0.25) is 0 Å². The Morgan fingerprint density at radius 1 is 1.02 bits per heavy atom. The zero-order chi connectivity index (χ0) is 30.4. The molecule has 0 unspecified atom stereocenters. The second kappa shape index (κ2) is 13.4. The summed E-state index contributed by atoms with van der Waals surface area (Å²) >= 11 is 0. The van der Waals surface area contributed by atoms with Crippen LogP contribution in [0.15, 0.2) is 66.9 Å². The molecule has 0 aliphatic heterocycles. The average molecular weight is 586 g/mol. The highest BCUT2D eigenvalue weighted by Gasteiger charge is 2.20. The van der Waals surface area contributed by atoms with Crippen LogP contribution in [0.3, 0.4) is 0 Å². The molecule has 1 aromatic heterocycles. The number of amides is 1. The number of aromatic nitrogens is 2. The number of hydrogen-bond donors (Lipinski definition) is 2. The molecule has 0 atom stereocenters. The number of carbonyl (C=O) groups excluding carboxylic acids is 1. The largest absolute Gasteiger partial charge is 0.490 e. The summed E-state index contributed by atoms with van der Waals surface area (Å²) in [4.78, 5) is 24.3. The minimum absolute atomic E-state index is 0.0235. The zero-order valence-electron chi connectivity index (χ0n) is 25.3. The van der Waals surface area contributed by atoms with Crippen LogP contribution in [0.5, 0.6) is 17.4 Å². The van der Waals surface area contributed by atoms with Crippen molar-refractivity contribution in [2.75, 3.05) is 37.8 Å². The van der Waals surface area contributed by atoms with Crippen LogP contribution in [0, 0.1) is 11.2 Å². The van der Waals surface area contributed by atoms with Crippen molar-refractivity contribution < 1.29 is 18.7 Å². The third-order valence-corrected chi connectivity index (χ3v) is 7.43. The number of carbonyl (C=O) groups is 1. The molecule has 1 fully saturated rings. The molecule has 1 aliphatic carbocycles. The first-order chi connectivity index (χ1) is 20.6. The van der Waals surface area contributed by atoms with Gasteiger partial charge in [-0.05, 0) is 69.5 Å². The Morgan fingerprint density at radius 2 is 1.79 bits per heavy atom. The fourth-order valence-electron chi connectivity index (χ4n) is 5.63. The van der Waals surface area contributed by atoms with Gasteiger partial charge in [-0.3, -0.25) is 4.79 Å². The Bertz CT molecular complexity index is 1570. The summed E-state index contributed by atoms with van der Waals surface area (Å²) in [5.41, 5.74) is 0.806. The van der Waals surface area contributed by atoms with Crippen LogP contribution in [0.1, 0.15) is 56.3 Å². The maximum absolute atomic E-state index is 14.5. The quantitative estimate of drug-likeness (QED) is 0.188. The molecule has 0 spiro atoms. The number of ether oxygens (including phenoxy) is 2. The number of nitrogens with zero attached hydrogens (tertiary/aromatic N) is 3. The van der Waals surface area contributed by atoms with E-state index in [0.717, 1.165) is 43.0 Å². The summed E-state index contributed by atoms with van der Waals surface area (Å²) in [5, 5.41) is 7.84. The molecule has 3 aromatic carbocycles. The van der Waals surface area contributed by atoms with Crippen LogP contribution in [-0.2, 0) is 0 Å². The minimum atomic E-state index is -0.507. The SMILES string of the molecule is CN(C)CC(C)(C)CNc1nccc(Oc2ccc(NC(=O)c3cc(F)cc(OC4CCCCC4)c3)c3ccccc23)n1. The Morgan fingerprint density at radius 3 is 2.56 bits per heavy atom. The summed E-state index contributed by atoms with van der Waals surface area (Å²) in [7, 11) is 4.11. The lowest BCUT2D eigenvalue weighted by Gasteiger charge is -2.28. The first-order valence-corrected chi connectivity index (χ1v) is 14.9. The number of halogens is 1. The normalized spacial score (nSPS) is 14.1. The van der Waals surface area contributed by atoms with Gasteiger partial charge in [0.05, 0.1) is 6.10 Å². The van der Waals surface area contributed by atoms with Gasteiger partial charge in [-0.2, -0.15) is 4.98 Å². The molecule has 4 aromatic rings. The smallest absolute Gasteiger partial charge is 0.255 e. The predicted molar refractivity (Wildman–Crippen MR) is 169 cm³/mol. The molecule has 2 N–H and O–H groups in total. The lowest BCUT2D eigenvalue weighted by atomic mass is 9.93. The Balaban J connectivity index is 1.31. The molecule has 1 aliphatic rings. The average Bonchev–Trinajstić information content (AvgIpc) is 2.97. The second-order valence-corrected chi connectivity index (χ2v) is 12.2. The van der Waals surface area contributed by atoms with Gasteiger partial charge in [-0.15, -0.1) is 0 Å². The summed E-state index contributed by atoms with van der Waals surface area (Å²) in [6.07, 6.45) is 7.00. The Labute approximate surface area is 252 Å². The summed E-state index contributed by atoms with van der Waals surface area (Å²) < 4.78 is 26.7. The highest BCUT2D eigenvalue weighted by atomic mass is 19.1. The third kappa shape index (κ3) is 8.20. The van der Waals surface area contributed by atoms with E-state index >= 15 is 0 Å². The van der Waals surface area contributed by atoms with Crippen LogP contribution < -0.4 is 20.1 Å². The van der Waals surface area contributed by atoms with Crippen molar-refractivity contribution in [1.82, 2.24) is 14.9 Å². The van der Waals surface area contributed by atoms with E-state index in [0.29, 0.717) is 35.6 Å². The van der Waals surface area contributed by atoms with Crippen molar-refractivity contribution in [1.29, 1.82) is 0 Å². The van der Waals surface area contributed by atoms with E-state index in [2.05, 4.69) is 53.4 Å². The molecule has 5 rings (SSSR count). The topological polar surface area (TPSA) is 88.6 Å².